The number of carbonyl (C=O) groups is 1. The molecule has 2 aliphatic heterocycles. The van der Waals surface area contributed by atoms with E-state index < -0.39 is 6.09 Å². The number of rotatable bonds is 6. The Morgan fingerprint density at radius 3 is 2.85 bits per heavy atom. The Bertz CT molecular complexity index is 780. The van der Waals surface area contributed by atoms with Crippen LogP contribution in [-0.2, 0) is 4.74 Å². The molecule has 142 valence electrons. The van der Waals surface area contributed by atoms with E-state index in [-0.39, 0.29) is 27.7 Å². The number of piperidine rings is 1. The van der Waals surface area contributed by atoms with Crippen LogP contribution >= 0.6 is 0 Å². The van der Waals surface area contributed by atoms with E-state index in [2.05, 4.69) is 12.6 Å². The molecule has 2 atom stereocenters. The number of hydrogen-bond acceptors (Lipinski definition) is 4. The van der Waals surface area contributed by atoms with Gasteiger partial charge < -0.3 is 0 Å². The molecule has 0 radical (unpaired) electrons. The molecule has 0 aliphatic carbocycles. The van der Waals surface area contributed by atoms with Crippen LogP contribution in [0.5, 0.6) is 0 Å². The quantitative estimate of drug-likeness (QED) is 0.299. The van der Waals surface area contributed by atoms with Gasteiger partial charge in [-0.1, -0.05) is 0 Å². The number of cyclic esters (lactones) is 1. The van der Waals surface area contributed by atoms with Crippen molar-refractivity contribution in [2.24, 2.45) is 0 Å². The van der Waals surface area contributed by atoms with Gasteiger partial charge in [0.2, 0.25) is 0 Å². The molecule has 2 heterocycles. The van der Waals surface area contributed by atoms with Gasteiger partial charge in [0.05, 0.1) is 6.07 Å². The Morgan fingerprint density at radius 2 is 2.19 bits per heavy atom. The molecule has 2 unspecified atom stereocenters. The minimum absolute atomic E-state index is 0.104. The van der Waals surface area contributed by atoms with Gasteiger partial charge in [0, 0.05) is 6.08 Å². The van der Waals surface area contributed by atoms with Gasteiger partial charge in [-0.05, 0) is 0 Å². The summed E-state index contributed by atoms with van der Waals surface area (Å²) in [6.07, 6.45) is 4.52. The van der Waals surface area contributed by atoms with Crippen LogP contribution in [0.25, 0.3) is 0 Å². The fraction of sp³-hybridized carbons (Fsp3) is 0.400. The normalized spacial score (nSPS) is 20.1. The topological polar surface area (TPSA) is 56.6 Å². The first-order chi connectivity index (χ1) is 13.1. The Morgan fingerprint density at radius 1 is 1.41 bits per heavy atom. The summed E-state index contributed by atoms with van der Waals surface area (Å²) >= 11 is -0.184. The number of benzene rings is 1. The number of allylic oxidation sites excluding steroid dienone is 2. The number of nitrogens with zero attached hydrogens (tertiary/aromatic N) is 3. The number of carbonyl (C=O) groups excluding carboxylic acids is 1. The predicted octanol–water partition coefficient (Wildman–Crippen LogP) is 3.66. The summed E-state index contributed by atoms with van der Waals surface area (Å²) in [5.74, 6) is -0.337. The van der Waals surface area contributed by atoms with Crippen LogP contribution in [0, 0.1) is 17.1 Å². The standard InChI is InChI=1S/C20H23AsFN3O2/c1-2-8-21-13-17-14-25(20(26)27-17)16-3-4-19(18(22)12-16)24-10-6-15(5-9-23)7-11-24/h2-5,12,17,21H,1,6-8,10-11,13-14H2. The van der Waals surface area contributed by atoms with E-state index in [0.29, 0.717) is 31.0 Å². The van der Waals surface area contributed by atoms with Crippen molar-refractivity contribution in [3.63, 3.8) is 0 Å². The second-order valence-electron chi connectivity index (χ2n) is 6.62. The number of anilines is 2. The SMILES string of the molecule is C=CC[AsH]CC1CN(c2ccc(N3CCC(=CC#N)CC3)c(F)c2)C(=O)O1. The Labute approximate surface area is 165 Å². The van der Waals surface area contributed by atoms with E-state index in [1.54, 1.807) is 18.2 Å². The third-order valence-corrected chi connectivity index (χ3v) is 7.57. The number of halogens is 1. The van der Waals surface area contributed by atoms with Crippen molar-refractivity contribution in [3.8, 4) is 6.07 Å². The Balaban J connectivity index is 1.65. The van der Waals surface area contributed by atoms with Crippen molar-refractivity contribution in [1.29, 1.82) is 5.26 Å². The van der Waals surface area contributed by atoms with Gasteiger partial charge in [0.25, 0.3) is 0 Å². The van der Waals surface area contributed by atoms with Crippen LogP contribution in [0.4, 0.5) is 20.6 Å². The van der Waals surface area contributed by atoms with Gasteiger partial charge in [-0.3, -0.25) is 0 Å². The van der Waals surface area contributed by atoms with Crippen molar-refractivity contribution in [2.45, 2.75) is 29.4 Å². The van der Waals surface area contributed by atoms with Gasteiger partial charge in [0.15, 0.2) is 0 Å². The molecule has 0 saturated carbocycles. The summed E-state index contributed by atoms with van der Waals surface area (Å²) in [4.78, 5) is 15.6. The number of ether oxygens (including phenoxy) is 1. The molecule has 0 spiro atoms. The maximum absolute atomic E-state index is 14.7. The Kier molecular flexibility index (Phi) is 6.58. The first-order valence-corrected chi connectivity index (χ1v) is 12.0. The van der Waals surface area contributed by atoms with Gasteiger partial charge in [-0.15, -0.1) is 0 Å². The van der Waals surface area contributed by atoms with Crippen molar-refractivity contribution in [3.05, 3.63) is 48.3 Å². The number of amides is 1. The second-order valence-corrected chi connectivity index (χ2v) is 9.38. The van der Waals surface area contributed by atoms with Crippen molar-refractivity contribution < 1.29 is 13.9 Å². The van der Waals surface area contributed by atoms with Crippen LogP contribution in [0.3, 0.4) is 0 Å². The summed E-state index contributed by atoms with van der Waals surface area (Å²) in [6.45, 7) is 5.57. The zero-order valence-electron chi connectivity index (χ0n) is 15.2. The summed E-state index contributed by atoms with van der Waals surface area (Å²) < 4.78 is 20.1. The maximum atomic E-state index is 14.7. The predicted molar refractivity (Wildman–Crippen MR) is 106 cm³/mol. The average molecular weight is 431 g/mol. The third kappa shape index (κ3) is 4.73. The summed E-state index contributed by atoms with van der Waals surface area (Å²) in [5.41, 5.74) is 2.18. The van der Waals surface area contributed by atoms with E-state index in [0.717, 1.165) is 28.8 Å². The summed E-state index contributed by atoms with van der Waals surface area (Å²) in [7, 11) is 0. The van der Waals surface area contributed by atoms with Gasteiger partial charge in [-0.25, -0.2) is 0 Å². The van der Waals surface area contributed by atoms with Gasteiger partial charge in [-0.2, -0.15) is 5.26 Å². The van der Waals surface area contributed by atoms with Crippen molar-refractivity contribution >= 4 is 33.2 Å². The molecule has 7 heteroatoms. The van der Waals surface area contributed by atoms with Gasteiger partial charge >= 0.3 is 148 Å². The average Bonchev–Trinajstić information content (AvgIpc) is 3.03. The first kappa shape index (κ1) is 19.5. The molecule has 0 bridgehead atoms. The molecule has 1 aromatic carbocycles. The molecule has 0 aromatic heterocycles. The van der Waals surface area contributed by atoms with Crippen LogP contribution in [0.2, 0.25) is 10.4 Å². The number of hydrogen-bond donors (Lipinski definition) is 0. The minimum atomic E-state index is -0.401. The number of nitriles is 1. The second kappa shape index (κ2) is 9.10. The van der Waals surface area contributed by atoms with E-state index in [1.807, 2.05) is 11.0 Å². The molecule has 2 aliphatic rings. The molecular weight excluding hydrogens is 408 g/mol. The molecule has 2 fully saturated rings. The van der Waals surface area contributed by atoms with Crippen LogP contribution in [0.1, 0.15) is 12.8 Å². The van der Waals surface area contributed by atoms with Crippen LogP contribution in [0.15, 0.2) is 42.5 Å². The zero-order chi connectivity index (χ0) is 19.2. The van der Waals surface area contributed by atoms with Crippen LogP contribution < -0.4 is 9.80 Å². The van der Waals surface area contributed by atoms with Crippen molar-refractivity contribution in [2.75, 3.05) is 29.4 Å². The molecule has 3 rings (SSSR count). The third-order valence-electron chi connectivity index (χ3n) is 4.79. The monoisotopic (exact) mass is 431 g/mol. The molecule has 2 saturated heterocycles. The fourth-order valence-electron chi connectivity index (χ4n) is 3.38. The van der Waals surface area contributed by atoms with E-state index >= 15 is 0 Å². The molecular formula is C20H23AsFN3O2. The molecule has 5 nitrogen and oxygen atoms in total. The van der Waals surface area contributed by atoms with Crippen molar-refractivity contribution in [1.82, 2.24) is 0 Å². The van der Waals surface area contributed by atoms with E-state index in [1.165, 1.54) is 11.0 Å². The first-order valence-electron chi connectivity index (χ1n) is 9.04. The van der Waals surface area contributed by atoms with E-state index in [4.69, 9.17) is 10.00 Å². The zero-order valence-corrected chi connectivity index (χ0v) is 17.3. The van der Waals surface area contributed by atoms with Gasteiger partial charge in [0.1, 0.15) is 0 Å². The molecule has 1 amide bonds. The fourth-order valence-corrected chi connectivity index (χ4v) is 5.27. The molecule has 27 heavy (non-hydrogen) atoms. The summed E-state index contributed by atoms with van der Waals surface area (Å²) in [5, 5.41) is 10.7. The molecule has 1 aromatic rings. The molecule has 0 N–H and O–H groups in total. The van der Waals surface area contributed by atoms with E-state index in [9.17, 15) is 9.18 Å². The van der Waals surface area contributed by atoms with Crippen LogP contribution in [-0.4, -0.2) is 47.6 Å². The Hall–Kier alpha value is -2.25. The summed E-state index contributed by atoms with van der Waals surface area (Å²) in [6, 6.07) is 6.99.